The molecule has 0 aromatic heterocycles. The molecule has 3 aliphatic rings. The van der Waals surface area contributed by atoms with Gasteiger partial charge in [-0.25, -0.2) is 4.79 Å². The minimum atomic E-state index is -0.822. The molecule has 1 saturated carbocycles. The molecular weight excluding hydrogens is 272 g/mol. The molecule has 0 radical (unpaired) electrons. The molecule has 2 N–H and O–H groups in total. The number of rotatable bonds is 2. The number of urea groups is 1. The number of aliphatic carboxylic acids is 1. The van der Waals surface area contributed by atoms with Crippen LogP contribution in [-0.4, -0.2) is 53.3 Å². The first kappa shape index (κ1) is 14.6. The van der Waals surface area contributed by atoms with Gasteiger partial charge in [-0.3, -0.25) is 4.79 Å². The van der Waals surface area contributed by atoms with Gasteiger partial charge in [0.2, 0.25) is 0 Å². The fourth-order valence-electron chi connectivity index (χ4n) is 3.65. The van der Waals surface area contributed by atoms with Gasteiger partial charge in [0, 0.05) is 25.7 Å². The lowest BCUT2D eigenvalue weighted by Crippen LogP contribution is -2.54. The monoisotopic (exact) mass is 296 g/mol. The fourth-order valence-corrected chi connectivity index (χ4v) is 3.65. The van der Waals surface area contributed by atoms with Crippen LogP contribution in [0.25, 0.3) is 0 Å². The lowest BCUT2D eigenvalue weighted by atomic mass is 9.74. The van der Waals surface area contributed by atoms with Crippen LogP contribution in [-0.2, 0) is 9.53 Å². The van der Waals surface area contributed by atoms with Crippen molar-refractivity contribution in [3.63, 3.8) is 0 Å². The predicted molar refractivity (Wildman–Crippen MR) is 76.0 cm³/mol. The topological polar surface area (TPSA) is 78.9 Å². The minimum Gasteiger partial charge on any atom is -0.481 e. The highest BCUT2D eigenvalue weighted by Gasteiger charge is 2.45. The summed E-state index contributed by atoms with van der Waals surface area (Å²) in [6.45, 7) is 3.23. The van der Waals surface area contributed by atoms with Crippen LogP contribution in [0.3, 0.4) is 0 Å². The van der Waals surface area contributed by atoms with Crippen molar-refractivity contribution >= 4 is 12.0 Å². The molecule has 3 fully saturated rings. The van der Waals surface area contributed by atoms with Gasteiger partial charge in [0.1, 0.15) is 0 Å². The fraction of sp³-hybridized carbons (Fsp3) is 0.867. The third-order valence-corrected chi connectivity index (χ3v) is 5.36. The van der Waals surface area contributed by atoms with Gasteiger partial charge in [0.05, 0.1) is 11.0 Å². The number of carboxylic acids is 1. The number of ether oxygens (including phenoxy) is 1. The Morgan fingerprint density at radius 3 is 2.67 bits per heavy atom. The van der Waals surface area contributed by atoms with Crippen LogP contribution in [0.1, 0.15) is 45.4 Å². The molecule has 21 heavy (non-hydrogen) atoms. The normalized spacial score (nSPS) is 34.5. The molecule has 0 bridgehead atoms. The molecule has 2 atom stereocenters. The van der Waals surface area contributed by atoms with E-state index in [0.717, 1.165) is 25.7 Å². The molecule has 6 nitrogen and oxygen atoms in total. The SMILES string of the molecule is CC1(C(=O)O)CCN(C(=O)NC2CCOC3(CCC3)C2)C1. The summed E-state index contributed by atoms with van der Waals surface area (Å²) in [7, 11) is 0. The Morgan fingerprint density at radius 2 is 2.10 bits per heavy atom. The number of nitrogens with one attached hydrogen (secondary N) is 1. The lowest BCUT2D eigenvalue weighted by Gasteiger charge is -2.47. The van der Waals surface area contributed by atoms with Crippen molar-refractivity contribution < 1.29 is 19.4 Å². The molecule has 2 aliphatic heterocycles. The van der Waals surface area contributed by atoms with Crippen molar-refractivity contribution in [2.45, 2.75) is 57.1 Å². The first-order valence-corrected chi connectivity index (χ1v) is 7.85. The number of carbonyl (C=O) groups is 2. The number of carbonyl (C=O) groups excluding carboxylic acids is 1. The molecule has 6 heteroatoms. The number of hydrogen-bond acceptors (Lipinski definition) is 3. The first-order valence-electron chi connectivity index (χ1n) is 7.85. The number of amides is 2. The van der Waals surface area contributed by atoms with E-state index in [9.17, 15) is 14.7 Å². The molecule has 2 amide bonds. The third kappa shape index (κ3) is 2.73. The number of carboxylic acid groups (broad SMARTS) is 1. The molecule has 0 aromatic rings. The zero-order valence-corrected chi connectivity index (χ0v) is 12.6. The van der Waals surface area contributed by atoms with Crippen LogP contribution < -0.4 is 5.32 Å². The van der Waals surface area contributed by atoms with E-state index in [2.05, 4.69) is 5.32 Å². The van der Waals surface area contributed by atoms with Crippen LogP contribution >= 0.6 is 0 Å². The summed E-state index contributed by atoms with van der Waals surface area (Å²) >= 11 is 0. The van der Waals surface area contributed by atoms with Crippen molar-refractivity contribution in [3.05, 3.63) is 0 Å². The van der Waals surface area contributed by atoms with E-state index < -0.39 is 11.4 Å². The van der Waals surface area contributed by atoms with Gasteiger partial charge in [-0.05, 0) is 45.4 Å². The molecule has 3 rings (SSSR count). The van der Waals surface area contributed by atoms with E-state index in [1.54, 1.807) is 11.8 Å². The zero-order valence-electron chi connectivity index (χ0n) is 12.6. The van der Waals surface area contributed by atoms with Gasteiger partial charge in [-0.1, -0.05) is 0 Å². The highest BCUT2D eigenvalue weighted by Crippen LogP contribution is 2.42. The summed E-state index contributed by atoms with van der Waals surface area (Å²) in [4.78, 5) is 25.2. The first-order chi connectivity index (χ1) is 9.92. The van der Waals surface area contributed by atoms with Gasteiger partial charge in [-0.2, -0.15) is 0 Å². The maximum Gasteiger partial charge on any atom is 0.317 e. The molecule has 0 aromatic carbocycles. The Kier molecular flexibility index (Phi) is 3.59. The largest absolute Gasteiger partial charge is 0.481 e. The Balaban J connectivity index is 1.54. The standard InChI is InChI=1S/C15H24N2O4/c1-14(12(18)19)6-7-17(10-14)13(20)16-11-3-8-21-15(9-11)4-2-5-15/h11H,2-10H2,1H3,(H,16,20)(H,18,19). The third-order valence-electron chi connectivity index (χ3n) is 5.36. The molecule has 2 unspecified atom stereocenters. The van der Waals surface area contributed by atoms with Crippen LogP contribution in [0.2, 0.25) is 0 Å². The van der Waals surface area contributed by atoms with E-state index in [1.807, 2.05) is 0 Å². The Morgan fingerprint density at radius 1 is 1.33 bits per heavy atom. The number of nitrogens with zero attached hydrogens (tertiary/aromatic N) is 1. The molecule has 2 heterocycles. The van der Waals surface area contributed by atoms with Gasteiger partial charge in [0.15, 0.2) is 0 Å². The van der Waals surface area contributed by atoms with Gasteiger partial charge in [0.25, 0.3) is 0 Å². The lowest BCUT2D eigenvalue weighted by molar-refractivity contribution is -0.146. The molecular formula is C15H24N2O4. The van der Waals surface area contributed by atoms with E-state index >= 15 is 0 Å². The summed E-state index contributed by atoms with van der Waals surface area (Å²) in [5, 5.41) is 12.3. The van der Waals surface area contributed by atoms with Crippen LogP contribution in [0.15, 0.2) is 0 Å². The van der Waals surface area contributed by atoms with E-state index in [0.29, 0.717) is 26.1 Å². The Bertz CT molecular complexity index is 449. The highest BCUT2D eigenvalue weighted by atomic mass is 16.5. The second-order valence-corrected chi connectivity index (χ2v) is 7.06. The average Bonchev–Trinajstić information content (AvgIpc) is 2.81. The minimum absolute atomic E-state index is 0.0107. The van der Waals surface area contributed by atoms with E-state index in [1.165, 1.54) is 6.42 Å². The summed E-state index contributed by atoms with van der Waals surface area (Å²) in [5.41, 5.74) is -0.793. The van der Waals surface area contributed by atoms with Crippen LogP contribution in [0.4, 0.5) is 4.79 Å². The van der Waals surface area contributed by atoms with Gasteiger partial charge >= 0.3 is 12.0 Å². The van der Waals surface area contributed by atoms with Gasteiger partial charge in [-0.15, -0.1) is 0 Å². The molecule has 1 spiro atoms. The number of likely N-dealkylation sites (tertiary alicyclic amines) is 1. The summed E-state index contributed by atoms with van der Waals surface area (Å²) in [6.07, 6.45) is 5.66. The Labute approximate surface area is 124 Å². The van der Waals surface area contributed by atoms with Crippen molar-refractivity contribution in [2.24, 2.45) is 5.41 Å². The summed E-state index contributed by atoms with van der Waals surface area (Å²) in [6, 6.07) is 0.0320. The predicted octanol–water partition coefficient (Wildman–Crippen LogP) is 1.59. The van der Waals surface area contributed by atoms with Crippen LogP contribution in [0.5, 0.6) is 0 Å². The van der Waals surface area contributed by atoms with Gasteiger partial charge < -0.3 is 20.1 Å². The van der Waals surface area contributed by atoms with E-state index in [4.69, 9.17) is 4.74 Å². The Hall–Kier alpha value is -1.30. The van der Waals surface area contributed by atoms with Crippen molar-refractivity contribution in [1.29, 1.82) is 0 Å². The molecule has 118 valence electrons. The maximum absolute atomic E-state index is 12.3. The molecule has 1 aliphatic carbocycles. The van der Waals surface area contributed by atoms with Crippen molar-refractivity contribution in [2.75, 3.05) is 19.7 Å². The van der Waals surface area contributed by atoms with Crippen molar-refractivity contribution in [3.8, 4) is 0 Å². The highest BCUT2D eigenvalue weighted by molar-refractivity contribution is 5.79. The zero-order chi connectivity index (χ0) is 15.1. The second kappa shape index (κ2) is 5.16. The van der Waals surface area contributed by atoms with E-state index in [-0.39, 0.29) is 17.7 Å². The second-order valence-electron chi connectivity index (χ2n) is 7.06. The van der Waals surface area contributed by atoms with Crippen molar-refractivity contribution in [1.82, 2.24) is 10.2 Å². The molecule has 2 saturated heterocycles. The maximum atomic E-state index is 12.3. The van der Waals surface area contributed by atoms with Crippen LogP contribution in [0, 0.1) is 5.41 Å². The summed E-state index contributed by atoms with van der Waals surface area (Å²) in [5.74, 6) is -0.822. The smallest absolute Gasteiger partial charge is 0.317 e. The quantitative estimate of drug-likeness (QED) is 0.811. The number of hydrogen-bond donors (Lipinski definition) is 2. The summed E-state index contributed by atoms with van der Waals surface area (Å²) < 4.78 is 5.86. The average molecular weight is 296 g/mol.